The first-order valence-electron chi connectivity index (χ1n) is 13.3. The molecule has 0 bridgehead atoms. The second-order valence-electron chi connectivity index (χ2n) is 12.0. The van der Waals surface area contributed by atoms with Crippen LogP contribution in [-0.2, 0) is 19.1 Å². The Morgan fingerprint density at radius 2 is 1.59 bits per heavy atom. The zero-order chi connectivity index (χ0) is 24.1. The SMILES string of the molecule is CC(=O)O[C@H]1CC[C@]2(C)C(CC[C@H]3C2CC[C@]2(C)C3C/C(=C\c3ccccc3)[C@H]2OC(C)=O)C1. The maximum Gasteiger partial charge on any atom is 0.303 e. The fourth-order valence-electron chi connectivity index (χ4n) is 8.68. The number of rotatable bonds is 3. The van der Waals surface area contributed by atoms with Crippen LogP contribution in [0.1, 0.15) is 84.6 Å². The molecular formula is C30H40O4. The Labute approximate surface area is 204 Å². The van der Waals surface area contributed by atoms with Crippen molar-refractivity contribution in [2.24, 2.45) is 34.5 Å². The van der Waals surface area contributed by atoms with Gasteiger partial charge in [-0.2, -0.15) is 0 Å². The summed E-state index contributed by atoms with van der Waals surface area (Å²) in [6, 6.07) is 10.5. The zero-order valence-corrected chi connectivity index (χ0v) is 21.2. The van der Waals surface area contributed by atoms with Crippen LogP contribution in [0.2, 0.25) is 0 Å². The molecule has 4 fully saturated rings. The highest BCUT2D eigenvalue weighted by Gasteiger charge is 2.62. The molecule has 0 N–H and O–H groups in total. The van der Waals surface area contributed by atoms with Crippen molar-refractivity contribution in [3.63, 3.8) is 0 Å². The Balaban J connectivity index is 1.42. The Morgan fingerprint density at radius 3 is 2.29 bits per heavy atom. The molecule has 0 aromatic heterocycles. The van der Waals surface area contributed by atoms with Crippen LogP contribution < -0.4 is 0 Å². The van der Waals surface area contributed by atoms with Gasteiger partial charge in [-0.25, -0.2) is 0 Å². The zero-order valence-electron chi connectivity index (χ0n) is 21.2. The van der Waals surface area contributed by atoms with Crippen LogP contribution in [-0.4, -0.2) is 24.1 Å². The average Bonchev–Trinajstić information content (AvgIpc) is 3.05. The van der Waals surface area contributed by atoms with E-state index in [-0.39, 0.29) is 29.6 Å². The lowest BCUT2D eigenvalue weighted by atomic mass is 9.45. The van der Waals surface area contributed by atoms with Gasteiger partial charge in [-0.15, -0.1) is 0 Å². The highest BCUT2D eigenvalue weighted by molar-refractivity contribution is 5.67. The van der Waals surface area contributed by atoms with Gasteiger partial charge in [0.1, 0.15) is 12.2 Å². The summed E-state index contributed by atoms with van der Waals surface area (Å²) in [6.07, 6.45) is 11.2. The minimum Gasteiger partial charge on any atom is -0.463 e. The maximum atomic E-state index is 12.2. The molecule has 4 heteroatoms. The van der Waals surface area contributed by atoms with Gasteiger partial charge in [0.25, 0.3) is 0 Å². The average molecular weight is 465 g/mol. The van der Waals surface area contributed by atoms with Crippen molar-refractivity contribution in [1.82, 2.24) is 0 Å². The lowest BCUT2D eigenvalue weighted by molar-refractivity contribution is -0.166. The summed E-state index contributed by atoms with van der Waals surface area (Å²) in [6.45, 7) is 8.00. The van der Waals surface area contributed by atoms with E-state index in [1.54, 1.807) is 6.92 Å². The van der Waals surface area contributed by atoms with Crippen molar-refractivity contribution in [1.29, 1.82) is 0 Å². The van der Waals surface area contributed by atoms with Crippen molar-refractivity contribution in [2.45, 2.75) is 91.3 Å². The quantitative estimate of drug-likeness (QED) is 0.474. The summed E-state index contributed by atoms with van der Waals surface area (Å²) in [5.41, 5.74) is 2.81. The van der Waals surface area contributed by atoms with Gasteiger partial charge in [0.15, 0.2) is 0 Å². The van der Waals surface area contributed by atoms with E-state index in [1.807, 2.05) is 6.07 Å². The predicted octanol–water partition coefficient (Wildman–Crippen LogP) is 6.59. The van der Waals surface area contributed by atoms with E-state index in [1.165, 1.54) is 37.3 Å². The largest absolute Gasteiger partial charge is 0.463 e. The third-order valence-electron chi connectivity index (χ3n) is 10.2. The smallest absolute Gasteiger partial charge is 0.303 e. The van der Waals surface area contributed by atoms with E-state index in [2.05, 4.69) is 44.2 Å². The molecule has 0 saturated heterocycles. The molecule has 34 heavy (non-hydrogen) atoms. The van der Waals surface area contributed by atoms with Crippen LogP contribution in [0.5, 0.6) is 0 Å². The van der Waals surface area contributed by atoms with E-state index < -0.39 is 0 Å². The van der Waals surface area contributed by atoms with Crippen LogP contribution in [0, 0.1) is 34.5 Å². The molecule has 0 spiro atoms. The third kappa shape index (κ3) is 4.01. The fourth-order valence-corrected chi connectivity index (χ4v) is 8.68. The van der Waals surface area contributed by atoms with Crippen LogP contribution in [0.4, 0.5) is 0 Å². The van der Waals surface area contributed by atoms with Crippen LogP contribution in [0.25, 0.3) is 6.08 Å². The molecule has 3 unspecified atom stereocenters. The maximum absolute atomic E-state index is 12.2. The number of fused-ring (bicyclic) bond motifs is 5. The van der Waals surface area contributed by atoms with E-state index in [0.717, 1.165) is 32.1 Å². The minimum absolute atomic E-state index is 0.00555. The summed E-state index contributed by atoms with van der Waals surface area (Å²) in [5.74, 6) is 2.25. The van der Waals surface area contributed by atoms with Gasteiger partial charge in [0, 0.05) is 19.3 Å². The van der Waals surface area contributed by atoms with Crippen molar-refractivity contribution in [2.75, 3.05) is 0 Å². The predicted molar refractivity (Wildman–Crippen MR) is 133 cm³/mol. The van der Waals surface area contributed by atoms with Gasteiger partial charge < -0.3 is 9.47 Å². The molecule has 4 saturated carbocycles. The van der Waals surface area contributed by atoms with Crippen LogP contribution >= 0.6 is 0 Å². The molecule has 0 heterocycles. The first-order valence-corrected chi connectivity index (χ1v) is 13.3. The fraction of sp³-hybridized carbons (Fsp3) is 0.667. The molecule has 4 aliphatic carbocycles. The first kappa shape index (κ1) is 23.6. The minimum atomic E-state index is -0.174. The molecule has 8 atom stereocenters. The molecule has 0 radical (unpaired) electrons. The Morgan fingerprint density at radius 1 is 0.882 bits per heavy atom. The topological polar surface area (TPSA) is 52.6 Å². The van der Waals surface area contributed by atoms with E-state index >= 15 is 0 Å². The Kier molecular flexibility index (Phi) is 6.14. The second kappa shape index (κ2) is 8.84. The van der Waals surface area contributed by atoms with Gasteiger partial charge in [-0.3, -0.25) is 9.59 Å². The number of ether oxygens (including phenoxy) is 2. The highest BCUT2D eigenvalue weighted by atomic mass is 16.5. The van der Waals surface area contributed by atoms with E-state index in [4.69, 9.17) is 9.47 Å². The molecule has 4 nitrogen and oxygen atoms in total. The van der Waals surface area contributed by atoms with Gasteiger partial charge in [-0.1, -0.05) is 50.3 Å². The number of carbonyl (C=O) groups is 2. The number of hydrogen-bond donors (Lipinski definition) is 0. The molecule has 184 valence electrons. The van der Waals surface area contributed by atoms with Gasteiger partial charge in [0.05, 0.1) is 0 Å². The van der Waals surface area contributed by atoms with Crippen LogP contribution in [0.15, 0.2) is 35.9 Å². The van der Waals surface area contributed by atoms with Gasteiger partial charge >= 0.3 is 11.9 Å². The molecule has 4 aliphatic rings. The second-order valence-corrected chi connectivity index (χ2v) is 12.0. The Bertz CT molecular complexity index is 967. The lowest BCUT2D eigenvalue weighted by Crippen LogP contribution is -2.54. The Hall–Kier alpha value is -2.10. The van der Waals surface area contributed by atoms with Crippen molar-refractivity contribution >= 4 is 18.0 Å². The molecular weight excluding hydrogens is 424 g/mol. The lowest BCUT2D eigenvalue weighted by Gasteiger charge is -2.60. The van der Waals surface area contributed by atoms with E-state index in [0.29, 0.717) is 29.1 Å². The molecule has 1 aromatic carbocycles. The van der Waals surface area contributed by atoms with Gasteiger partial charge in [-0.05, 0) is 91.6 Å². The molecule has 5 rings (SSSR count). The normalized spacial score (nSPS) is 42.3. The monoisotopic (exact) mass is 464 g/mol. The summed E-state index contributed by atoms with van der Waals surface area (Å²) < 4.78 is 11.7. The number of esters is 2. The summed E-state index contributed by atoms with van der Waals surface area (Å²) >= 11 is 0. The first-order chi connectivity index (χ1) is 16.2. The highest BCUT2D eigenvalue weighted by Crippen LogP contribution is 2.67. The van der Waals surface area contributed by atoms with E-state index in [9.17, 15) is 9.59 Å². The summed E-state index contributed by atoms with van der Waals surface area (Å²) in [4.78, 5) is 23.7. The standard InChI is InChI=1S/C30H40O4/c1-19(31)33-24-12-14-29(3)23(18-24)10-11-25-26(29)13-15-30(4)27(25)17-22(28(30)34-20(2)32)16-21-8-6-5-7-9-21/h5-9,16,23-28H,10-15,17-18H2,1-4H3/b22-16+/t23?,24-,25-,26?,27?,28+,29+,30+/m0/s1. The molecule has 0 aliphatic heterocycles. The third-order valence-corrected chi connectivity index (χ3v) is 10.2. The number of carbonyl (C=O) groups excluding carboxylic acids is 2. The van der Waals surface area contributed by atoms with Crippen molar-refractivity contribution in [3.05, 3.63) is 41.5 Å². The molecule has 0 amide bonds. The summed E-state index contributed by atoms with van der Waals surface area (Å²) in [7, 11) is 0. The summed E-state index contributed by atoms with van der Waals surface area (Å²) in [5, 5.41) is 0. The van der Waals surface area contributed by atoms with Crippen LogP contribution in [0.3, 0.4) is 0 Å². The van der Waals surface area contributed by atoms with Crippen molar-refractivity contribution < 1.29 is 19.1 Å². The van der Waals surface area contributed by atoms with Crippen molar-refractivity contribution in [3.8, 4) is 0 Å². The number of hydrogen-bond acceptors (Lipinski definition) is 4. The van der Waals surface area contributed by atoms with Gasteiger partial charge in [0.2, 0.25) is 0 Å². The molecule has 1 aromatic rings. The number of benzene rings is 1.